The van der Waals surface area contributed by atoms with E-state index in [4.69, 9.17) is 5.73 Å². The summed E-state index contributed by atoms with van der Waals surface area (Å²) in [5, 5.41) is 0. The van der Waals surface area contributed by atoms with Crippen LogP contribution < -0.4 is 5.73 Å². The normalized spacial score (nSPS) is 19.9. The van der Waals surface area contributed by atoms with Crippen LogP contribution >= 0.6 is 11.3 Å². The maximum absolute atomic E-state index is 13.2. The summed E-state index contributed by atoms with van der Waals surface area (Å²) in [6.07, 6.45) is -0.240. The molecule has 1 aliphatic carbocycles. The predicted molar refractivity (Wildman–Crippen MR) is 74.7 cm³/mol. The SMILES string of the molecule is NCC1(c2ccc(-c3ccccc3)s2)CC(F)(F)C1. The topological polar surface area (TPSA) is 26.0 Å². The summed E-state index contributed by atoms with van der Waals surface area (Å²) in [6.45, 7) is 0.289. The summed E-state index contributed by atoms with van der Waals surface area (Å²) in [5.41, 5.74) is 6.35. The third kappa shape index (κ3) is 2.19. The molecule has 1 aromatic heterocycles. The van der Waals surface area contributed by atoms with Crippen LogP contribution in [0, 0.1) is 0 Å². The lowest BCUT2D eigenvalue weighted by Crippen LogP contribution is -2.53. The van der Waals surface area contributed by atoms with Crippen molar-refractivity contribution < 1.29 is 8.78 Å². The standard InChI is InChI=1S/C15H15F2NS/c16-15(17)8-14(9-15,10-18)13-7-6-12(19-13)11-4-2-1-3-5-11/h1-7H,8-10,18H2. The molecule has 1 fully saturated rings. The molecule has 0 unspecified atom stereocenters. The van der Waals surface area contributed by atoms with Crippen molar-refractivity contribution in [3.05, 3.63) is 47.3 Å². The molecule has 1 saturated carbocycles. The number of rotatable bonds is 3. The molecule has 0 atom stereocenters. The fraction of sp³-hybridized carbons (Fsp3) is 0.333. The molecular weight excluding hydrogens is 264 g/mol. The number of thiophene rings is 1. The van der Waals surface area contributed by atoms with Crippen LogP contribution in [0.2, 0.25) is 0 Å². The van der Waals surface area contributed by atoms with Crippen LogP contribution in [0.3, 0.4) is 0 Å². The molecule has 0 bridgehead atoms. The Hall–Kier alpha value is -1.26. The van der Waals surface area contributed by atoms with E-state index in [0.717, 1.165) is 15.3 Å². The van der Waals surface area contributed by atoms with Gasteiger partial charge in [0.1, 0.15) is 0 Å². The van der Waals surface area contributed by atoms with Crippen LogP contribution in [0.1, 0.15) is 17.7 Å². The maximum Gasteiger partial charge on any atom is 0.250 e. The monoisotopic (exact) mass is 279 g/mol. The van der Waals surface area contributed by atoms with Gasteiger partial charge in [-0.05, 0) is 17.7 Å². The lowest BCUT2D eigenvalue weighted by Gasteiger charge is -2.46. The molecule has 2 aromatic rings. The summed E-state index contributed by atoms with van der Waals surface area (Å²) in [4.78, 5) is 2.10. The second-order valence-electron chi connectivity index (χ2n) is 5.22. The maximum atomic E-state index is 13.2. The smallest absolute Gasteiger partial charge is 0.250 e. The van der Waals surface area contributed by atoms with Gasteiger partial charge < -0.3 is 5.73 Å². The summed E-state index contributed by atoms with van der Waals surface area (Å²) < 4.78 is 26.4. The Labute approximate surface area is 115 Å². The minimum Gasteiger partial charge on any atom is -0.330 e. The highest BCUT2D eigenvalue weighted by Crippen LogP contribution is 2.54. The van der Waals surface area contributed by atoms with Gasteiger partial charge in [-0.15, -0.1) is 11.3 Å². The molecule has 100 valence electrons. The average molecular weight is 279 g/mol. The first-order chi connectivity index (χ1) is 9.05. The molecule has 1 aliphatic rings. The fourth-order valence-electron chi connectivity index (χ4n) is 2.74. The van der Waals surface area contributed by atoms with E-state index in [1.807, 2.05) is 42.5 Å². The van der Waals surface area contributed by atoms with Gasteiger partial charge in [0.15, 0.2) is 0 Å². The van der Waals surface area contributed by atoms with Gasteiger partial charge in [0.25, 0.3) is 0 Å². The van der Waals surface area contributed by atoms with E-state index in [0.29, 0.717) is 0 Å². The van der Waals surface area contributed by atoms with Gasteiger partial charge in [-0.2, -0.15) is 0 Å². The van der Waals surface area contributed by atoms with Crippen molar-refractivity contribution in [3.8, 4) is 10.4 Å². The first-order valence-corrected chi connectivity index (χ1v) is 7.10. The minimum absolute atomic E-state index is 0.120. The van der Waals surface area contributed by atoms with E-state index in [1.165, 1.54) is 0 Å². The van der Waals surface area contributed by atoms with Crippen molar-refractivity contribution in [1.29, 1.82) is 0 Å². The Morgan fingerprint density at radius 3 is 2.32 bits per heavy atom. The Bertz CT molecular complexity index is 569. The highest BCUT2D eigenvalue weighted by atomic mass is 32.1. The van der Waals surface area contributed by atoms with E-state index >= 15 is 0 Å². The number of alkyl halides is 2. The summed E-state index contributed by atoms with van der Waals surface area (Å²) in [7, 11) is 0. The van der Waals surface area contributed by atoms with Crippen LogP contribution in [-0.4, -0.2) is 12.5 Å². The molecule has 19 heavy (non-hydrogen) atoms. The molecular formula is C15H15F2NS. The number of hydrogen-bond acceptors (Lipinski definition) is 2. The van der Waals surface area contributed by atoms with Gasteiger partial charge >= 0.3 is 0 Å². The molecule has 1 aromatic carbocycles. The van der Waals surface area contributed by atoms with E-state index in [-0.39, 0.29) is 19.4 Å². The number of nitrogens with two attached hydrogens (primary N) is 1. The fourth-order valence-corrected chi connectivity index (χ4v) is 3.95. The molecule has 1 nitrogen and oxygen atoms in total. The molecule has 0 spiro atoms. The third-order valence-electron chi connectivity index (χ3n) is 3.77. The Kier molecular flexibility index (Phi) is 2.95. The third-order valence-corrected chi connectivity index (χ3v) is 5.15. The summed E-state index contributed by atoms with van der Waals surface area (Å²) in [5.74, 6) is -2.55. The molecule has 3 rings (SSSR count). The van der Waals surface area contributed by atoms with Crippen LogP contribution in [0.25, 0.3) is 10.4 Å². The molecule has 0 amide bonds. The van der Waals surface area contributed by atoms with Gasteiger partial charge in [0.2, 0.25) is 5.92 Å². The first kappa shape index (κ1) is 12.8. The Balaban J connectivity index is 1.90. The van der Waals surface area contributed by atoms with Crippen molar-refractivity contribution in [3.63, 3.8) is 0 Å². The zero-order valence-electron chi connectivity index (χ0n) is 10.4. The second kappa shape index (κ2) is 4.39. The minimum atomic E-state index is -2.55. The Morgan fingerprint density at radius 2 is 1.74 bits per heavy atom. The number of benzene rings is 1. The Morgan fingerprint density at radius 1 is 1.05 bits per heavy atom. The quantitative estimate of drug-likeness (QED) is 0.901. The lowest BCUT2D eigenvalue weighted by atomic mass is 9.65. The second-order valence-corrected chi connectivity index (χ2v) is 6.31. The van der Waals surface area contributed by atoms with Crippen LogP contribution in [0.4, 0.5) is 8.78 Å². The van der Waals surface area contributed by atoms with Gasteiger partial charge in [-0.25, -0.2) is 8.78 Å². The van der Waals surface area contributed by atoms with E-state index < -0.39 is 11.3 Å². The first-order valence-electron chi connectivity index (χ1n) is 6.28. The number of halogens is 2. The van der Waals surface area contributed by atoms with E-state index in [1.54, 1.807) is 11.3 Å². The van der Waals surface area contributed by atoms with Gasteiger partial charge in [-0.3, -0.25) is 0 Å². The predicted octanol–water partition coefficient (Wildman–Crippen LogP) is 4.04. The van der Waals surface area contributed by atoms with Crippen molar-refractivity contribution in [1.82, 2.24) is 0 Å². The van der Waals surface area contributed by atoms with Crippen LogP contribution in [0.15, 0.2) is 42.5 Å². The van der Waals surface area contributed by atoms with Crippen LogP contribution in [0.5, 0.6) is 0 Å². The molecule has 1 heterocycles. The average Bonchev–Trinajstić information content (AvgIpc) is 2.86. The van der Waals surface area contributed by atoms with Crippen molar-refractivity contribution >= 4 is 11.3 Å². The molecule has 0 saturated heterocycles. The van der Waals surface area contributed by atoms with Crippen molar-refractivity contribution in [2.75, 3.05) is 6.54 Å². The van der Waals surface area contributed by atoms with Crippen molar-refractivity contribution in [2.45, 2.75) is 24.2 Å². The zero-order chi connectivity index (χ0) is 13.5. The van der Waals surface area contributed by atoms with Gasteiger partial charge in [-0.1, -0.05) is 30.3 Å². The highest BCUT2D eigenvalue weighted by Gasteiger charge is 2.57. The van der Waals surface area contributed by atoms with E-state index in [2.05, 4.69) is 0 Å². The molecule has 4 heteroatoms. The highest BCUT2D eigenvalue weighted by molar-refractivity contribution is 7.15. The van der Waals surface area contributed by atoms with E-state index in [9.17, 15) is 8.78 Å². The largest absolute Gasteiger partial charge is 0.330 e. The molecule has 0 aliphatic heterocycles. The summed E-state index contributed by atoms with van der Waals surface area (Å²) in [6, 6.07) is 13.9. The van der Waals surface area contributed by atoms with Crippen molar-refractivity contribution in [2.24, 2.45) is 5.73 Å². The molecule has 0 radical (unpaired) electrons. The zero-order valence-corrected chi connectivity index (χ0v) is 11.2. The number of hydrogen-bond donors (Lipinski definition) is 1. The van der Waals surface area contributed by atoms with Gasteiger partial charge in [0.05, 0.1) is 0 Å². The van der Waals surface area contributed by atoms with Crippen LogP contribution in [-0.2, 0) is 5.41 Å². The lowest BCUT2D eigenvalue weighted by molar-refractivity contribution is -0.122. The molecule has 2 N–H and O–H groups in total. The van der Waals surface area contributed by atoms with Gasteiger partial charge in [0, 0.05) is 34.6 Å². The summed E-state index contributed by atoms with van der Waals surface area (Å²) >= 11 is 1.58.